The van der Waals surface area contributed by atoms with E-state index in [0.29, 0.717) is 24.1 Å². The molecular formula is C19H23N3O4. The van der Waals surface area contributed by atoms with Gasteiger partial charge in [0.2, 0.25) is 5.91 Å². The molecular weight excluding hydrogens is 334 g/mol. The molecule has 7 nitrogen and oxygen atoms in total. The lowest BCUT2D eigenvalue weighted by molar-refractivity contribution is -0.136. The summed E-state index contributed by atoms with van der Waals surface area (Å²) in [7, 11) is 1.64. The van der Waals surface area contributed by atoms with E-state index in [1.807, 2.05) is 0 Å². The average Bonchev–Trinajstić information content (AvgIpc) is 2.79. The van der Waals surface area contributed by atoms with Gasteiger partial charge < -0.3 is 10.2 Å². The number of hydrogen-bond donors (Lipinski definition) is 1. The number of hydrogen-bond acceptors (Lipinski definition) is 4. The number of rotatable bonds is 4. The van der Waals surface area contributed by atoms with E-state index in [-0.39, 0.29) is 18.2 Å². The summed E-state index contributed by atoms with van der Waals surface area (Å²) in [6, 6.07) is 6.14. The van der Waals surface area contributed by atoms with Crippen molar-refractivity contribution in [2.45, 2.75) is 44.6 Å². The Kier molecular flexibility index (Phi) is 4.80. The summed E-state index contributed by atoms with van der Waals surface area (Å²) in [6.45, 7) is 1.12. The Morgan fingerprint density at radius 3 is 2.50 bits per heavy atom. The molecule has 3 rings (SSSR count). The molecule has 2 fully saturated rings. The zero-order valence-electron chi connectivity index (χ0n) is 15.1. The molecule has 138 valence electrons. The highest BCUT2D eigenvalue weighted by Crippen LogP contribution is 2.39. The molecule has 1 N–H and O–H groups in total. The third kappa shape index (κ3) is 3.09. The molecule has 1 aromatic carbocycles. The van der Waals surface area contributed by atoms with Crippen molar-refractivity contribution in [3.8, 4) is 0 Å². The minimum Gasteiger partial charge on any atom is -0.325 e. The number of ketones is 1. The fourth-order valence-electron chi connectivity index (χ4n) is 3.83. The third-order valence-electron chi connectivity index (χ3n) is 5.34. The molecule has 1 aliphatic heterocycles. The molecule has 0 bridgehead atoms. The van der Waals surface area contributed by atoms with Crippen molar-refractivity contribution in [2.75, 3.05) is 18.9 Å². The van der Waals surface area contributed by atoms with Crippen molar-refractivity contribution in [3.63, 3.8) is 0 Å². The Morgan fingerprint density at radius 2 is 1.85 bits per heavy atom. The lowest BCUT2D eigenvalue weighted by Gasteiger charge is -2.35. The van der Waals surface area contributed by atoms with Crippen LogP contribution in [0.25, 0.3) is 0 Å². The Balaban J connectivity index is 1.71. The van der Waals surface area contributed by atoms with Gasteiger partial charge in [-0.15, -0.1) is 0 Å². The maximum absolute atomic E-state index is 12.9. The molecule has 0 atom stereocenters. The van der Waals surface area contributed by atoms with E-state index in [2.05, 4.69) is 5.32 Å². The van der Waals surface area contributed by atoms with Gasteiger partial charge in [0.05, 0.1) is 0 Å². The molecule has 1 aromatic rings. The van der Waals surface area contributed by atoms with Crippen LogP contribution in [0.15, 0.2) is 24.3 Å². The molecule has 7 heteroatoms. The number of Topliss-reactive ketones (excluding diaryl/α,β-unsaturated/α-hetero) is 1. The van der Waals surface area contributed by atoms with Gasteiger partial charge in [-0.2, -0.15) is 0 Å². The van der Waals surface area contributed by atoms with Gasteiger partial charge in [0, 0.05) is 18.3 Å². The minimum atomic E-state index is -0.788. The lowest BCUT2D eigenvalue weighted by Crippen LogP contribution is -2.49. The molecule has 1 spiro atoms. The number of likely N-dealkylation sites (N-methyl/N-ethyl adjacent to an activating group) is 1. The van der Waals surface area contributed by atoms with Crippen LogP contribution in [-0.2, 0) is 9.59 Å². The van der Waals surface area contributed by atoms with Crippen LogP contribution in [0.1, 0.15) is 49.4 Å². The number of nitrogens with one attached hydrogen (secondary N) is 1. The summed E-state index contributed by atoms with van der Waals surface area (Å²) in [6.07, 6.45) is 4.16. The molecule has 1 heterocycles. The Labute approximate surface area is 152 Å². The highest BCUT2D eigenvalue weighted by atomic mass is 16.2. The topological polar surface area (TPSA) is 86.8 Å². The van der Waals surface area contributed by atoms with Gasteiger partial charge in [-0.05, 0) is 31.9 Å². The Morgan fingerprint density at radius 1 is 1.15 bits per heavy atom. The smallest absolute Gasteiger partial charge is 0.325 e. The van der Waals surface area contributed by atoms with Gasteiger partial charge in [0.15, 0.2) is 5.78 Å². The van der Waals surface area contributed by atoms with Gasteiger partial charge in [0.1, 0.15) is 12.1 Å². The molecule has 0 aromatic heterocycles. The highest BCUT2D eigenvalue weighted by Gasteiger charge is 2.55. The lowest BCUT2D eigenvalue weighted by atomic mass is 9.81. The standard InChI is InChI=1S/C19H23N3O4/c1-13(23)14-7-6-8-15(11-14)20-16(24)12-22-17(25)19(21(2)18(22)26)9-4-3-5-10-19/h6-8,11H,3-5,9-10,12H2,1-2H3,(H,20,24). The summed E-state index contributed by atoms with van der Waals surface area (Å²) >= 11 is 0. The average molecular weight is 357 g/mol. The van der Waals surface area contributed by atoms with Crippen LogP contribution in [0.2, 0.25) is 0 Å². The third-order valence-corrected chi connectivity index (χ3v) is 5.34. The van der Waals surface area contributed by atoms with Crippen LogP contribution >= 0.6 is 0 Å². The first-order valence-corrected chi connectivity index (χ1v) is 8.86. The number of urea groups is 1. The van der Waals surface area contributed by atoms with Crippen LogP contribution in [0.4, 0.5) is 10.5 Å². The monoisotopic (exact) mass is 357 g/mol. The SMILES string of the molecule is CC(=O)c1cccc(NC(=O)CN2C(=O)N(C)C3(CCCCC3)C2=O)c1. The van der Waals surface area contributed by atoms with Crippen LogP contribution in [0.5, 0.6) is 0 Å². The Hall–Kier alpha value is -2.70. The fourth-order valence-corrected chi connectivity index (χ4v) is 3.83. The van der Waals surface area contributed by atoms with E-state index in [0.717, 1.165) is 24.2 Å². The van der Waals surface area contributed by atoms with Crippen molar-refractivity contribution in [3.05, 3.63) is 29.8 Å². The first-order chi connectivity index (χ1) is 12.3. The van der Waals surface area contributed by atoms with E-state index < -0.39 is 17.5 Å². The first-order valence-electron chi connectivity index (χ1n) is 8.86. The number of anilines is 1. The molecule has 4 amide bonds. The van der Waals surface area contributed by atoms with Gasteiger partial charge in [-0.25, -0.2) is 4.79 Å². The van der Waals surface area contributed by atoms with E-state index in [1.54, 1.807) is 31.3 Å². The molecule has 26 heavy (non-hydrogen) atoms. The van der Waals surface area contributed by atoms with Crippen molar-refractivity contribution in [1.82, 2.24) is 9.80 Å². The van der Waals surface area contributed by atoms with Crippen molar-refractivity contribution < 1.29 is 19.2 Å². The highest BCUT2D eigenvalue weighted by molar-refractivity contribution is 6.10. The van der Waals surface area contributed by atoms with Gasteiger partial charge in [-0.3, -0.25) is 19.3 Å². The van der Waals surface area contributed by atoms with Gasteiger partial charge >= 0.3 is 6.03 Å². The second kappa shape index (κ2) is 6.90. The normalized spacial score (nSPS) is 19.2. The van der Waals surface area contributed by atoms with Crippen molar-refractivity contribution in [1.29, 1.82) is 0 Å². The van der Waals surface area contributed by atoms with Gasteiger partial charge in [0.25, 0.3) is 5.91 Å². The maximum atomic E-state index is 12.9. The summed E-state index contributed by atoms with van der Waals surface area (Å²) in [5.74, 6) is -0.849. The van der Waals surface area contributed by atoms with Gasteiger partial charge in [-0.1, -0.05) is 31.4 Å². The zero-order valence-corrected chi connectivity index (χ0v) is 15.1. The molecule has 2 aliphatic rings. The molecule has 0 radical (unpaired) electrons. The first kappa shape index (κ1) is 18.1. The predicted octanol–water partition coefficient (Wildman–Crippen LogP) is 2.42. The number of nitrogens with zero attached hydrogens (tertiary/aromatic N) is 2. The van der Waals surface area contributed by atoms with Crippen molar-refractivity contribution in [2.24, 2.45) is 0 Å². The summed E-state index contributed by atoms with van der Waals surface area (Å²) < 4.78 is 0. The number of carbonyl (C=O) groups excluding carboxylic acids is 4. The fraction of sp³-hybridized carbons (Fsp3) is 0.474. The predicted molar refractivity (Wildman–Crippen MR) is 95.8 cm³/mol. The molecule has 1 saturated carbocycles. The summed E-state index contributed by atoms with van der Waals surface area (Å²) in [5, 5.41) is 2.66. The van der Waals surface area contributed by atoms with Crippen LogP contribution in [0, 0.1) is 0 Å². The number of imide groups is 1. The van der Waals surface area contributed by atoms with Crippen LogP contribution in [-0.4, -0.2) is 52.6 Å². The number of benzene rings is 1. The number of amides is 4. The molecule has 1 saturated heterocycles. The summed E-state index contributed by atoms with van der Waals surface area (Å²) in [5.41, 5.74) is 0.156. The maximum Gasteiger partial charge on any atom is 0.327 e. The van der Waals surface area contributed by atoms with E-state index in [1.165, 1.54) is 11.8 Å². The Bertz CT molecular complexity index is 768. The van der Waals surface area contributed by atoms with Crippen LogP contribution < -0.4 is 5.32 Å². The molecule has 0 unspecified atom stereocenters. The molecule has 1 aliphatic carbocycles. The zero-order chi connectivity index (χ0) is 18.9. The largest absolute Gasteiger partial charge is 0.327 e. The number of carbonyl (C=O) groups is 4. The quantitative estimate of drug-likeness (QED) is 0.662. The van der Waals surface area contributed by atoms with E-state index in [4.69, 9.17) is 0 Å². The van der Waals surface area contributed by atoms with Crippen molar-refractivity contribution >= 4 is 29.3 Å². The summed E-state index contributed by atoms with van der Waals surface area (Å²) in [4.78, 5) is 51.7. The second-order valence-corrected chi connectivity index (χ2v) is 7.01. The van der Waals surface area contributed by atoms with Crippen LogP contribution in [0.3, 0.4) is 0 Å². The second-order valence-electron chi connectivity index (χ2n) is 7.01. The van der Waals surface area contributed by atoms with E-state index >= 15 is 0 Å². The van der Waals surface area contributed by atoms with E-state index in [9.17, 15) is 19.2 Å². The minimum absolute atomic E-state index is 0.105.